The fourth-order valence-electron chi connectivity index (χ4n) is 5.09. The Morgan fingerprint density at radius 3 is 2.27 bits per heavy atom. The first-order valence-electron chi connectivity index (χ1n) is 8.96. The summed E-state index contributed by atoms with van der Waals surface area (Å²) in [4.78, 5) is 7.03. The van der Waals surface area contributed by atoms with Crippen LogP contribution in [0.2, 0.25) is 0 Å². The zero-order chi connectivity index (χ0) is 14.2. The molecule has 4 aliphatic rings. The number of hydrogen-bond acceptors (Lipinski definition) is 2. The van der Waals surface area contributed by atoms with Crippen LogP contribution < -0.4 is 5.32 Å². The molecule has 0 radical (unpaired) electrons. The van der Waals surface area contributed by atoms with E-state index in [0.29, 0.717) is 12.2 Å². The molecule has 0 spiro atoms. The first-order valence-corrected chi connectivity index (χ1v) is 8.96. The van der Waals surface area contributed by atoms with Crippen molar-refractivity contribution in [3.63, 3.8) is 0 Å². The van der Waals surface area contributed by atoms with Crippen molar-refractivity contribution in [2.45, 2.75) is 57.2 Å². The van der Waals surface area contributed by atoms with E-state index in [2.05, 4.69) is 15.2 Å². The fourth-order valence-corrected chi connectivity index (χ4v) is 5.09. The van der Waals surface area contributed by atoms with Crippen molar-refractivity contribution in [2.24, 2.45) is 22.7 Å². The molecule has 4 atom stereocenters. The SMILES string of the molecule is CN=C(NCC1CCCCC1)N1CC2C3CCC(O3)C2C1.I. The lowest BCUT2D eigenvalue weighted by Gasteiger charge is -2.27. The molecule has 5 heteroatoms. The number of fused-ring (bicyclic) bond motifs is 5. The molecule has 1 aliphatic carbocycles. The zero-order valence-corrected chi connectivity index (χ0v) is 16.0. The maximum Gasteiger partial charge on any atom is 0.193 e. The van der Waals surface area contributed by atoms with Gasteiger partial charge in [-0.2, -0.15) is 0 Å². The van der Waals surface area contributed by atoms with Crippen molar-refractivity contribution >= 4 is 29.9 Å². The van der Waals surface area contributed by atoms with Gasteiger partial charge in [-0.1, -0.05) is 19.3 Å². The average Bonchev–Trinajstić information content (AvgIpc) is 3.21. The first-order chi connectivity index (χ1) is 10.3. The highest BCUT2D eigenvalue weighted by atomic mass is 127. The van der Waals surface area contributed by atoms with E-state index in [1.807, 2.05) is 7.05 Å². The van der Waals surface area contributed by atoms with Gasteiger partial charge in [-0.15, -0.1) is 24.0 Å². The van der Waals surface area contributed by atoms with Gasteiger partial charge >= 0.3 is 0 Å². The molecule has 3 aliphatic heterocycles. The summed E-state index contributed by atoms with van der Waals surface area (Å²) < 4.78 is 6.07. The fraction of sp³-hybridized carbons (Fsp3) is 0.941. The summed E-state index contributed by atoms with van der Waals surface area (Å²) >= 11 is 0. The topological polar surface area (TPSA) is 36.9 Å². The second-order valence-corrected chi connectivity index (χ2v) is 7.46. The maximum atomic E-state index is 6.07. The van der Waals surface area contributed by atoms with Crippen molar-refractivity contribution in [3.8, 4) is 0 Å². The van der Waals surface area contributed by atoms with Crippen LogP contribution in [0.5, 0.6) is 0 Å². The number of guanidine groups is 1. The molecule has 3 heterocycles. The van der Waals surface area contributed by atoms with E-state index < -0.39 is 0 Å². The highest BCUT2D eigenvalue weighted by Crippen LogP contribution is 2.47. The van der Waals surface area contributed by atoms with Gasteiger partial charge in [-0.3, -0.25) is 4.99 Å². The smallest absolute Gasteiger partial charge is 0.193 e. The van der Waals surface area contributed by atoms with Gasteiger partial charge in [0.25, 0.3) is 0 Å². The highest BCUT2D eigenvalue weighted by Gasteiger charge is 2.53. The molecule has 1 N–H and O–H groups in total. The van der Waals surface area contributed by atoms with E-state index >= 15 is 0 Å². The zero-order valence-electron chi connectivity index (χ0n) is 13.7. The van der Waals surface area contributed by atoms with E-state index in [-0.39, 0.29) is 24.0 Å². The van der Waals surface area contributed by atoms with Crippen LogP contribution in [0.25, 0.3) is 0 Å². The Morgan fingerprint density at radius 2 is 1.68 bits per heavy atom. The van der Waals surface area contributed by atoms with Gasteiger partial charge in [0, 0.05) is 38.5 Å². The third-order valence-corrected chi connectivity index (χ3v) is 6.24. The molecule has 1 saturated carbocycles. The Labute approximate surface area is 151 Å². The van der Waals surface area contributed by atoms with Crippen LogP contribution in [0.4, 0.5) is 0 Å². The summed E-state index contributed by atoms with van der Waals surface area (Å²) in [6, 6.07) is 0. The minimum absolute atomic E-state index is 0. The number of halogens is 1. The summed E-state index contributed by atoms with van der Waals surface area (Å²) in [6.45, 7) is 3.41. The molecule has 22 heavy (non-hydrogen) atoms. The van der Waals surface area contributed by atoms with Crippen LogP contribution in [0.1, 0.15) is 44.9 Å². The number of likely N-dealkylation sites (tertiary alicyclic amines) is 1. The average molecular weight is 419 g/mol. The number of nitrogens with one attached hydrogen (secondary N) is 1. The van der Waals surface area contributed by atoms with Crippen LogP contribution >= 0.6 is 24.0 Å². The predicted octanol–water partition coefficient (Wildman–Crippen LogP) is 2.87. The van der Waals surface area contributed by atoms with Crippen LogP contribution in [0, 0.1) is 17.8 Å². The van der Waals surface area contributed by atoms with Gasteiger partial charge in [0.15, 0.2) is 5.96 Å². The third-order valence-electron chi connectivity index (χ3n) is 6.24. The molecule has 0 aromatic carbocycles. The molecule has 2 bridgehead atoms. The number of rotatable bonds is 2. The van der Waals surface area contributed by atoms with Crippen molar-refractivity contribution in [1.82, 2.24) is 10.2 Å². The number of nitrogens with zero attached hydrogens (tertiary/aromatic N) is 2. The minimum atomic E-state index is 0. The summed E-state index contributed by atoms with van der Waals surface area (Å²) in [5.74, 6) is 3.51. The molecule has 126 valence electrons. The van der Waals surface area contributed by atoms with Crippen LogP contribution in [0.15, 0.2) is 4.99 Å². The lowest BCUT2D eigenvalue weighted by atomic mass is 9.82. The Morgan fingerprint density at radius 1 is 1.05 bits per heavy atom. The molecule has 4 fully saturated rings. The molecule has 4 nitrogen and oxygen atoms in total. The van der Waals surface area contributed by atoms with E-state index in [1.165, 1.54) is 44.9 Å². The lowest BCUT2D eigenvalue weighted by molar-refractivity contribution is 0.0767. The normalized spacial score (nSPS) is 38.0. The second kappa shape index (κ2) is 7.24. The Kier molecular flexibility index (Phi) is 5.53. The predicted molar refractivity (Wildman–Crippen MR) is 99.8 cm³/mol. The summed E-state index contributed by atoms with van der Waals surface area (Å²) in [5, 5.41) is 3.66. The standard InChI is InChI=1S/C17H29N3O.HI/c1-18-17(19-9-12-5-3-2-4-6-12)20-10-13-14(11-20)16-8-7-15(13)21-16;/h12-16H,2-11H2,1H3,(H,18,19);1H. The van der Waals surface area contributed by atoms with Gasteiger partial charge in [-0.25, -0.2) is 0 Å². The molecule has 0 amide bonds. The van der Waals surface area contributed by atoms with E-state index in [4.69, 9.17) is 4.74 Å². The molecule has 3 saturated heterocycles. The van der Waals surface area contributed by atoms with Crippen molar-refractivity contribution in [2.75, 3.05) is 26.7 Å². The first kappa shape index (κ1) is 16.8. The monoisotopic (exact) mass is 419 g/mol. The van der Waals surface area contributed by atoms with Crippen LogP contribution in [-0.4, -0.2) is 49.7 Å². The maximum absolute atomic E-state index is 6.07. The Balaban J connectivity index is 0.00000144. The van der Waals surface area contributed by atoms with Gasteiger partial charge < -0.3 is 15.0 Å². The van der Waals surface area contributed by atoms with E-state index in [9.17, 15) is 0 Å². The number of hydrogen-bond donors (Lipinski definition) is 1. The quantitative estimate of drug-likeness (QED) is 0.425. The molecular weight excluding hydrogens is 389 g/mol. The van der Waals surface area contributed by atoms with Gasteiger partial charge in [0.2, 0.25) is 0 Å². The number of aliphatic imine (C=N–C) groups is 1. The van der Waals surface area contributed by atoms with Crippen LogP contribution in [-0.2, 0) is 4.74 Å². The molecule has 4 rings (SSSR count). The van der Waals surface area contributed by atoms with Gasteiger partial charge in [0.05, 0.1) is 12.2 Å². The van der Waals surface area contributed by atoms with Crippen molar-refractivity contribution < 1.29 is 4.74 Å². The molecule has 0 aromatic rings. The molecule has 4 unspecified atom stereocenters. The minimum Gasteiger partial charge on any atom is -0.374 e. The molecular formula is C17H30IN3O. The Hall–Kier alpha value is -0.0400. The van der Waals surface area contributed by atoms with Gasteiger partial charge in [0.1, 0.15) is 0 Å². The van der Waals surface area contributed by atoms with E-state index in [1.54, 1.807) is 0 Å². The summed E-state index contributed by atoms with van der Waals surface area (Å²) in [6.07, 6.45) is 10.7. The second-order valence-electron chi connectivity index (χ2n) is 7.46. The summed E-state index contributed by atoms with van der Waals surface area (Å²) in [7, 11) is 1.93. The lowest BCUT2D eigenvalue weighted by Crippen LogP contribution is -2.43. The van der Waals surface area contributed by atoms with Crippen LogP contribution in [0.3, 0.4) is 0 Å². The summed E-state index contributed by atoms with van der Waals surface area (Å²) in [5.41, 5.74) is 0. The highest BCUT2D eigenvalue weighted by molar-refractivity contribution is 14.0. The van der Waals surface area contributed by atoms with E-state index in [0.717, 1.165) is 43.3 Å². The van der Waals surface area contributed by atoms with Gasteiger partial charge in [-0.05, 0) is 31.6 Å². The third kappa shape index (κ3) is 3.12. The van der Waals surface area contributed by atoms with Crippen molar-refractivity contribution in [1.29, 1.82) is 0 Å². The largest absolute Gasteiger partial charge is 0.374 e. The Bertz CT molecular complexity index is 393. The van der Waals surface area contributed by atoms with Crippen molar-refractivity contribution in [3.05, 3.63) is 0 Å². The molecule has 0 aromatic heterocycles. The number of ether oxygens (including phenoxy) is 1.